The summed E-state index contributed by atoms with van der Waals surface area (Å²) in [5.74, 6) is -2.51. The molecule has 19 heteroatoms. The number of benzene rings is 2. The Labute approximate surface area is 491 Å². The second kappa shape index (κ2) is 25.6. The first-order chi connectivity index (χ1) is 36.8. The molecule has 7 N–H and O–H groups in total. The average molecular weight is 1170 g/mol. The van der Waals surface area contributed by atoms with Crippen molar-refractivity contribution in [2.75, 3.05) is 43.5 Å². The van der Waals surface area contributed by atoms with E-state index in [2.05, 4.69) is 21.3 Å². The van der Waals surface area contributed by atoms with Crippen LogP contribution in [0.25, 0.3) is 0 Å². The number of hydrogen-bond acceptors (Lipinski definition) is 12. The van der Waals surface area contributed by atoms with Gasteiger partial charge in [0.25, 0.3) is 0 Å². The van der Waals surface area contributed by atoms with E-state index in [0.717, 1.165) is 0 Å². The number of carboxylic acid groups (broad SMARTS) is 1. The minimum Gasteiger partial charge on any atom is -0.481 e. The van der Waals surface area contributed by atoms with Crippen molar-refractivity contribution in [3.8, 4) is 6.07 Å². The number of esters is 3. The third kappa shape index (κ3) is 15.7. The average Bonchev–Trinajstić information content (AvgIpc) is 3.50. The number of para-hydroxylation sites is 1. The normalized spacial score (nSPS) is 16.1. The fourth-order valence-corrected chi connectivity index (χ4v) is 12.4. The molecule has 0 aliphatic carbocycles. The Morgan fingerprint density at radius 1 is 0.537 bits per heavy atom. The Bertz CT molecular complexity index is 2780. The first-order valence-corrected chi connectivity index (χ1v) is 29.9. The van der Waals surface area contributed by atoms with Crippen molar-refractivity contribution >= 4 is 57.3 Å². The molecule has 82 heavy (non-hydrogen) atoms. The van der Waals surface area contributed by atoms with Gasteiger partial charge in [0.2, 0.25) is 10.0 Å². The van der Waals surface area contributed by atoms with Gasteiger partial charge in [0.05, 0.1) is 57.5 Å². The molecule has 0 fully saturated rings. The molecule has 0 saturated heterocycles. The SMILES string of the molecule is CCOC(=O)C(C)(CC(C)(C)C(C)(C)C(C)(CC(C)(C)C)C(=O)O)C(C)(C)C(C)(C)CC(C)(C(=O)OCCNC(=O)Nc1ccc(S(N)(=O)=O)cc1)C(C)(C)C(C)(C)CC(C)(C(=O)OCCNC(=O)Nc1ccccc1C#N)C(C)(C)C. The lowest BCUT2D eigenvalue weighted by Crippen LogP contribution is -2.60. The number of nitriles is 1. The molecule has 18 nitrogen and oxygen atoms in total. The zero-order valence-corrected chi connectivity index (χ0v) is 54.7. The van der Waals surface area contributed by atoms with Gasteiger partial charge in [-0.3, -0.25) is 19.2 Å². The molecule has 2 rings (SSSR count). The maximum absolute atomic E-state index is 15.5. The standard InChI is InChI=1S/C63H102N6O12S/c1-24-79-48(73)62(22,40-55(10,11)57(14,15)60(20,46(70)71)38-52(2,3)4)59(18,19)56(12,13)41-63(23,49(74)81-36-33-66-50(75)68-43-29-31-44(32-30-43)82(65,77)78)58(16,17)54(8,9)39-61(21,53(5,6)7)47(72)80-35-34-67-51(76)69-45-28-26-25-27-42(45)37-64/h25-32H,24,33-36,38-41H2,1-23H3,(H,70,71)(H2,65,77,78)(H2,66,68,75)(H2,67,69,76). The van der Waals surface area contributed by atoms with Crippen LogP contribution in [0.1, 0.15) is 190 Å². The summed E-state index contributed by atoms with van der Waals surface area (Å²) in [6.07, 6.45) is 0.879. The summed E-state index contributed by atoms with van der Waals surface area (Å²) in [6, 6.07) is 12.7. The molecule has 2 aromatic rings. The molecular weight excluding hydrogens is 1060 g/mol. The van der Waals surface area contributed by atoms with Gasteiger partial charge >= 0.3 is 35.9 Å². The highest BCUT2D eigenvalue weighted by Gasteiger charge is 2.66. The summed E-state index contributed by atoms with van der Waals surface area (Å²) in [7, 11) is -3.96. The van der Waals surface area contributed by atoms with Gasteiger partial charge in [-0.1, -0.05) is 137 Å². The number of amides is 4. The molecule has 0 saturated carbocycles. The molecule has 4 amide bonds. The predicted molar refractivity (Wildman–Crippen MR) is 322 cm³/mol. The van der Waals surface area contributed by atoms with Crippen LogP contribution in [0, 0.1) is 76.3 Å². The number of nitrogens with two attached hydrogens (primary N) is 1. The van der Waals surface area contributed by atoms with Crippen molar-refractivity contribution in [1.29, 1.82) is 5.26 Å². The first-order valence-electron chi connectivity index (χ1n) is 28.3. The second-order valence-electron chi connectivity index (χ2n) is 29.2. The van der Waals surface area contributed by atoms with Gasteiger partial charge in [-0.05, 0) is 140 Å². The lowest BCUT2D eigenvalue weighted by molar-refractivity contribution is -0.195. The van der Waals surface area contributed by atoms with Gasteiger partial charge in [-0.25, -0.2) is 23.1 Å². The highest BCUT2D eigenvalue weighted by Crippen LogP contribution is 2.68. The van der Waals surface area contributed by atoms with Gasteiger partial charge in [0, 0.05) is 5.69 Å². The fourth-order valence-electron chi connectivity index (χ4n) is 11.9. The number of anilines is 2. The van der Waals surface area contributed by atoms with E-state index in [0.29, 0.717) is 12.1 Å². The van der Waals surface area contributed by atoms with E-state index in [-0.39, 0.29) is 73.7 Å². The van der Waals surface area contributed by atoms with Crippen LogP contribution in [0.2, 0.25) is 0 Å². The zero-order chi connectivity index (χ0) is 64.0. The monoisotopic (exact) mass is 1170 g/mol. The number of nitrogens with zero attached hydrogens (tertiary/aromatic N) is 1. The van der Waals surface area contributed by atoms with Gasteiger partial charge in [0.1, 0.15) is 19.3 Å². The number of carboxylic acids is 1. The van der Waals surface area contributed by atoms with Crippen LogP contribution in [0.4, 0.5) is 21.0 Å². The van der Waals surface area contributed by atoms with E-state index in [4.69, 9.17) is 19.3 Å². The third-order valence-corrected chi connectivity index (χ3v) is 21.1. The Morgan fingerprint density at radius 2 is 0.915 bits per heavy atom. The molecule has 0 bridgehead atoms. The summed E-state index contributed by atoms with van der Waals surface area (Å²) < 4.78 is 41.7. The molecule has 0 aromatic heterocycles. The topological polar surface area (TPSA) is 282 Å². The van der Waals surface area contributed by atoms with Crippen LogP contribution in [-0.4, -0.2) is 82.4 Å². The summed E-state index contributed by atoms with van der Waals surface area (Å²) in [6.45, 7) is 44.5. The first kappa shape index (κ1) is 72.4. The number of nitrogens with one attached hydrogen (secondary N) is 4. The Balaban J connectivity index is 2.77. The number of urea groups is 2. The van der Waals surface area contributed by atoms with Crippen molar-refractivity contribution in [1.82, 2.24) is 10.6 Å². The van der Waals surface area contributed by atoms with Crippen LogP contribution in [-0.2, 0) is 43.4 Å². The van der Waals surface area contributed by atoms with Crippen molar-refractivity contribution in [3.05, 3.63) is 54.1 Å². The highest BCUT2D eigenvalue weighted by molar-refractivity contribution is 7.89. The number of carbonyl (C=O) groups is 6. The number of sulfonamides is 1. The summed E-state index contributed by atoms with van der Waals surface area (Å²) in [5.41, 5.74) is -11.0. The quantitative estimate of drug-likeness (QED) is 0.0276. The van der Waals surface area contributed by atoms with E-state index in [1.54, 1.807) is 38.1 Å². The predicted octanol–water partition coefficient (Wildman–Crippen LogP) is 12.7. The molecule has 4 unspecified atom stereocenters. The van der Waals surface area contributed by atoms with Crippen LogP contribution >= 0.6 is 0 Å². The minimum atomic E-state index is -3.96. The smallest absolute Gasteiger partial charge is 0.319 e. The number of primary sulfonamides is 1. The van der Waals surface area contributed by atoms with Crippen molar-refractivity contribution in [2.24, 2.45) is 70.1 Å². The van der Waals surface area contributed by atoms with E-state index >= 15 is 4.79 Å². The lowest BCUT2D eigenvalue weighted by Gasteiger charge is -2.61. The molecule has 4 atom stereocenters. The van der Waals surface area contributed by atoms with Crippen molar-refractivity contribution in [2.45, 2.75) is 190 Å². The zero-order valence-electron chi connectivity index (χ0n) is 53.9. The van der Waals surface area contributed by atoms with E-state index in [1.807, 2.05) is 151 Å². The maximum atomic E-state index is 15.5. The van der Waals surface area contributed by atoms with Gasteiger partial charge < -0.3 is 40.6 Å². The lowest BCUT2D eigenvalue weighted by atomic mass is 9.41. The molecule has 0 radical (unpaired) electrons. The second-order valence-corrected chi connectivity index (χ2v) is 30.7. The Hall–Kier alpha value is -5.74. The summed E-state index contributed by atoms with van der Waals surface area (Å²) in [4.78, 5) is 84.4. The molecule has 0 aliphatic heterocycles. The summed E-state index contributed by atoms with van der Waals surface area (Å²) in [5, 5.41) is 36.4. The number of rotatable bonds is 27. The minimum absolute atomic E-state index is 0.0315. The highest BCUT2D eigenvalue weighted by atomic mass is 32.2. The fraction of sp³-hybridized carbons (Fsp3) is 0.698. The number of carbonyl (C=O) groups excluding carboxylic acids is 5. The molecular formula is C63H102N6O12S. The Kier molecular flexibility index (Phi) is 22.6. The number of aliphatic carboxylic acids is 1. The van der Waals surface area contributed by atoms with Gasteiger partial charge in [0.15, 0.2) is 0 Å². The molecule has 462 valence electrons. The molecule has 0 spiro atoms. The maximum Gasteiger partial charge on any atom is 0.319 e. The Morgan fingerprint density at radius 3 is 1.29 bits per heavy atom. The van der Waals surface area contributed by atoms with Crippen LogP contribution in [0.3, 0.4) is 0 Å². The van der Waals surface area contributed by atoms with Crippen LogP contribution in [0.15, 0.2) is 53.4 Å². The largest absolute Gasteiger partial charge is 0.481 e. The van der Waals surface area contributed by atoms with Crippen molar-refractivity contribution < 1.29 is 56.5 Å². The van der Waals surface area contributed by atoms with Crippen LogP contribution in [0.5, 0.6) is 0 Å². The van der Waals surface area contributed by atoms with E-state index < -0.39 is 106 Å². The van der Waals surface area contributed by atoms with Gasteiger partial charge in [-0.15, -0.1) is 0 Å². The molecule has 2 aromatic carbocycles. The van der Waals surface area contributed by atoms with Crippen molar-refractivity contribution in [3.63, 3.8) is 0 Å². The third-order valence-electron chi connectivity index (χ3n) is 20.2. The number of hydrogen-bond donors (Lipinski definition) is 6. The molecule has 0 aliphatic rings. The number of ether oxygens (including phenoxy) is 3. The van der Waals surface area contributed by atoms with Crippen LogP contribution < -0.4 is 26.4 Å². The molecule has 0 heterocycles. The summed E-state index contributed by atoms with van der Waals surface area (Å²) >= 11 is 0. The van der Waals surface area contributed by atoms with E-state index in [9.17, 15) is 42.8 Å². The van der Waals surface area contributed by atoms with Gasteiger partial charge in [-0.2, -0.15) is 5.26 Å². The van der Waals surface area contributed by atoms with E-state index in [1.165, 1.54) is 24.3 Å².